The maximum Gasteiger partial charge on any atom is 0.166 e. The van der Waals surface area contributed by atoms with E-state index in [0.717, 1.165) is 35.5 Å². The van der Waals surface area contributed by atoms with Crippen molar-refractivity contribution in [3.05, 3.63) is 47.3 Å². The lowest BCUT2D eigenvalue weighted by Gasteiger charge is -2.14. The third kappa shape index (κ3) is 1.82. The minimum atomic E-state index is 0.174. The minimum Gasteiger partial charge on any atom is -0.294 e. The molecule has 0 saturated heterocycles. The van der Waals surface area contributed by atoms with Crippen molar-refractivity contribution in [1.29, 1.82) is 0 Å². The Labute approximate surface area is 106 Å². The molecular weight excluding hydrogens is 224 g/mol. The Balaban J connectivity index is 2.10. The molecule has 0 aliphatic heterocycles. The van der Waals surface area contributed by atoms with E-state index in [4.69, 9.17) is 0 Å². The molecule has 0 unspecified atom stereocenters. The first-order valence-corrected chi connectivity index (χ1v) is 6.21. The minimum absolute atomic E-state index is 0.174. The van der Waals surface area contributed by atoms with E-state index in [2.05, 4.69) is 9.97 Å². The van der Waals surface area contributed by atoms with Crippen LogP contribution in [-0.4, -0.2) is 15.8 Å². The van der Waals surface area contributed by atoms with E-state index in [-0.39, 0.29) is 5.78 Å². The molecule has 1 aliphatic rings. The Bertz CT molecular complexity index is 620. The first-order chi connectivity index (χ1) is 8.75. The summed E-state index contributed by atoms with van der Waals surface area (Å²) in [5.74, 6) is 0.897. The lowest BCUT2D eigenvalue weighted by molar-refractivity contribution is 0.0971. The van der Waals surface area contributed by atoms with Crippen molar-refractivity contribution in [2.45, 2.75) is 26.2 Å². The number of hydrogen-bond donors (Lipinski definition) is 0. The largest absolute Gasteiger partial charge is 0.294 e. The van der Waals surface area contributed by atoms with Crippen molar-refractivity contribution in [1.82, 2.24) is 9.97 Å². The molecule has 1 aromatic heterocycles. The van der Waals surface area contributed by atoms with Crippen molar-refractivity contribution in [2.75, 3.05) is 0 Å². The maximum atomic E-state index is 11.7. The molecule has 3 heteroatoms. The molecule has 1 heterocycles. The second kappa shape index (κ2) is 4.33. The van der Waals surface area contributed by atoms with Crippen LogP contribution in [0, 0.1) is 6.92 Å². The quantitative estimate of drug-likeness (QED) is 0.767. The number of hydrogen-bond acceptors (Lipinski definition) is 3. The topological polar surface area (TPSA) is 42.9 Å². The van der Waals surface area contributed by atoms with Gasteiger partial charge in [-0.1, -0.05) is 24.3 Å². The molecule has 2 aromatic rings. The summed E-state index contributed by atoms with van der Waals surface area (Å²) >= 11 is 0. The van der Waals surface area contributed by atoms with Crippen LogP contribution in [0.4, 0.5) is 0 Å². The summed E-state index contributed by atoms with van der Waals surface area (Å²) in [6.45, 7) is 2.04. The molecule has 3 nitrogen and oxygen atoms in total. The number of carbonyl (C=O) groups is 1. The van der Waals surface area contributed by atoms with Crippen molar-refractivity contribution in [3.8, 4) is 11.4 Å². The number of ketones is 1. The molecule has 0 bridgehead atoms. The Morgan fingerprint density at radius 3 is 2.78 bits per heavy atom. The van der Waals surface area contributed by atoms with E-state index in [1.165, 1.54) is 0 Å². The molecule has 0 spiro atoms. The maximum absolute atomic E-state index is 11.7. The van der Waals surface area contributed by atoms with Crippen LogP contribution in [-0.2, 0) is 6.42 Å². The van der Waals surface area contributed by atoms with Gasteiger partial charge >= 0.3 is 0 Å². The summed E-state index contributed by atoms with van der Waals surface area (Å²) in [7, 11) is 0. The Morgan fingerprint density at radius 1 is 1.11 bits per heavy atom. The van der Waals surface area contributed by atoms with E-state index in [9.17, 15) is 4.79 Å². The molecule has 0 atom stereocenters. The van der Waals surface area contributed by atoms with E-state index in [1.807, 2.05) is 31.2 Å². The van der Waals surface area contributed by atoms with Gasteiger partial charge in [0, 0.05) is 18.2 Å². The zero-order valence-corrected chi connectivity index (χ0v) is 10.3. The summed E-state index contributed by atoms with van der Waals surface area (Å²) in [4.78, 5) is 20.6. The van der Waals surface area contributed by atoms with Crippen LogP contribution >= 0.6 is 0 Å². The van der Waals surface area contributed by atoms with Crippen LogP contribution in [0.15, 0.2) is 30.5 Å². The normalized spacial score (nSPS) is 14.4. The third-order valence-corrected chi connectivity index (χ3v) is 3.37. The highest BCUT2D eigenvalue weighted by Crippen LogP contribution is 2.24. The zero-order valence-electron chi connectivity index (χ0n) is 10.3. The molecule has 0 saturated carbocycles. The average Bonchev–Trinajstić information content (AvgIpc) is 2.39. The number of benzene rings is 1. The number of fused-ring (bicyclic) bond motifs is 1. The Kier molecular flexibility index (Phi) is 2.67. The van der Waals surface area contributed by atoms with Crippen molar-refractivity contribution < 1.29 is 4.79 Å². The number of rotatable bonds is 1. The Hall–Kier alpha value is -2.03. The van der Waals surface area contributed by atoms with Crippen LogP contribution in [0.5, 0.6) is 0 Å². The fourth-order valence-electron chi connectivity index (χ4n) is 2.35. The van der Waals surface area contributed by atoms with Gasteiger partial charge in [-0.15, -0.1) is 0 Å². The van der Waals surface area contributed by atoms with E-state index in [0.29, 0.717) is 12.0 Å². The predicted octanol–water partition coefficient (Wildman–Crippen LogP) is 2.97. The fraction of sp³-hybridized carbons (Fsp3) is 0.267. The molecule has 0 N–H and O–H groups in total. The molecule has 3 rings (SSSR count). The van der Waals surface area contributed by atoms with Gasteiger partial charge in [0.05, 0.1) is 11.3 Å². The van der Waals surface area contributed by atoms with Gasteiger partial charge in [-0.3, -0.25) is 4.79 Å². The molecule has 0 radical (unpaired) electrons. The summed E-state index contributed by atoms with van der Waals surface area (Å²) in [5.41, 5.74) is 3.80. The SMILES string of the molecule is Cc1ccccc1-c1ncc2c(n1)CCCC2=O. The predicted molar refractivity (Wildman–Crippen MR) is 69.5 cm³/mol. The van der Waals surface area contributed by atoms with Crippen LogP contribution in [0.2, 0.25) is 0 Å². The molecular formula is C15H14N2O. The van der Waals surface area contributed by atoms with Crippen molar-refractivity contribution >= 4 is 5.78 Å². The lowest BCUT2D eigenvalue weighted by atomic mass is 9.96. The van der Waals surface area contributed by atoms with Gasteiger partial charge in [-0.25, -0.2) is 9.97 Å². The molecule has 18 heavy (non-hydrogen) atoms. The van der Waals surface area contributed by atoms with Gasteiger partial charge in [0.25, 0.3) is 0 Å². The van der Waals surface area contributed by atoms with Crippen LogP contribution in [0.3, 0.4) is 0 Å². The first-order valence-electron chi connectivity index (χ1n) is 6.21. The number of aromatic nitrogens is 2. The average molecular weight is 238 g/mol. The van der Waals surface area contributed by atoms with Crippen molar-refractivity contribution in [2.24, 2.45) is 0 Å². The summed E-state index contributed by atoms with van der Waals surface area (Å²) in [6, 6.07) is 8.04. The van der Waals surface area contributed by atoms with E-state index in [1.54, 1.807) is 6.20 Å². The van der Waals surface area contributed by atoms with Gasteiger partial charge < -0.3 is 0 Å². The smallest absolute Gasteiger partial charge is 0.166 e. The van der Waals surface area contributed by atoms with Crippen molar-refractivity contribution in [3.63, 3.8) is 0 Å². The van der Waals surface area contributed by atoms with Gasteiger partial charge in [-0.05, 0) is 25.3 Å². The molecule has 90 valence electrons. The number of nitrogens with zero attached hydrogens (tertiary/aromatic N) is 2. The summed E-state index contributed by atoms with van der Waals surface area (Å²) in [6.07, 6.45) is 4.09. The molecule has 1 aliphatic carbocycles. The molecule has 1 aromatic carbocycles. The highest BCUT2D eigenvalue weighted by atomic mass is 16.1. The van der Waals surface area contributed by atoms with Gasteiger partial charge in [0.1, 0.15) is 0 Å². The number of aryl methyl sites for hydroxylation is 2. The zero-order chi connectivity index (χ0) is 12.5. The second-order valence-electron chi connectivity index (χ2n) is 4.65. The molecule has 0 fully saturated rings. The monoisotopic (exact) mass is 238 g/mol. The standard InChI is InChI=1S/C15H14N2O/c1-10-5-2-3-6-11(10)15-16-9-12-13(17-15)7-4-8-14(12)18/h2-3,5-6,9H,4,7-8H2,1H3. The van der Waals surface area contributed by atoms with Crippen LogP contribution in [0.1, 0.15) is 34.5 Å². The van der Waals surface area contributed by atoms with Gasteiger partial charge in [-0.2, -0.15) is 0 Å². The third-order valence-electron chi connectivity index (χ3n) is 3.37. The van der Waals surface area contributed by atoms with Crippen LogP contribution in [0.25, 0.3) is 11.4 Å². The Morgan fingerprint density at radius 2 is 1.94 bits per heavy atom. The van der Waals surface area contributed by atoms with E-state index >= 15 is 0 Å². The lowest BCUT2D eigenvalue weighted by Crippen LogP contribution is -2.13. The highest BCUT2D eigenvalue weighted by Gasteiger charge is 2.19. The van der Waals surface area contributed by atoms with E-state index < -0.39 is 0 Å². The summed E-state index contributed by atoms with van der Waals surface area (Å²) < 4.78 is 0. The second-order valence-corrected chi connectivity index (χ2v) is 4.65. The first kappa shape index (κ1) is 11.1. The summed E-state index contributed by atoms with van der Waals surface area (Å²) in [5, 5.41) is 0. The fourth-order valence-corrected chi connectivity index (χ4v) is 2.35. The van der Waals surface area contributed by atoms with Gasteiger partial charge in [0.15, 0.2) is 11.6 Å². The number of carbonyl (C=O) groups excluding carboxylic acids is 1. The molecule has 0 amide bonds. The van der Waals surface area contributed by atoms with Gasteiger partial charge in [0.2, 0.25) is 0 Å². The number of Topliss-reactive ketones (excluding diaryl/α,β-unsaturated/α-hetero) is 1. The van der Waals surface area contributed by atoms with Crippen LogP contribution < -0.4 is 0 Å². The highest BCUT2D eigenvalue weighted by molar-refractivity contribution is 5.97.